The molecule has 2 aromatic carbocycles. The number of aldehydes is 1. The second-order valence-corrected chi connectivity index (χ2v) is 7.15. The molecule has 6 heteroatoms. The third kappa shape index (κ3) is 4.85. The van der Waals surface area contributed by atoms with E-state index >= 15 is 0 Å². The van der Waals surface area contributed by atoms with E-state index in [1.807, 2.05) is 24.3 Å². The van der Waals surface area contributed by atoms with Crippen molar-refractivity contribution in [2.24, 2.45) is 0 Å². The van der Waals surface area contributed by atoms with Crippen LogP contribution in [0.25, 0.3) is 0 Å². The third-order valence-electron chi connectivity index (χ3n) is 4.33. The van der Waals surface area contributed by atoms with Gasteiger partial charge >= 0.3 is 0 Å². The Kier molecular flexibility index (Phi) is 6.28. The molecule has 1 aliphatic heterocycles. The minimum atomic E-state index is -0.268. The molecule has 0 saturated carbocycles. The van der Waals surface area contributed by atoms with Crippen LogP contribution in [0.2, 0.25) is 0 Å². The maximum absolute atomic E-state index is 12.1. The van der Waals surface area contributed by atoms with Crippen molar-refractivity contribution in [1.29, 1.82) is 0 Å². The first-order valence-corrected chi connectivity index (χ1v) is 9.47. The molecule has 1 saturated heterocycles. The Morgan fingerprint density at radius 2 is 1.85 bits per heavy atom. The van der Waals surface area contributed by atoms with Gasteiger partial charge in [0.25, 0.3) is 5.91 Å². The summed E-state index contributed by atoms with van der Waals surface area (Å²) in [4.78, 5) is 25.5. The lowest BCUT2D eigenvalue weighted by Gasteiger charge is -2.28. The molecule has 0 bridgehead atoms. The quantitative estimate of drug-likeness (QED) is 0.714. The van der Waals surface area contributed by atoms with Gasteiger partial charge in [-0.2, -0.15) is 0 Å². The first-order chi connectivity index (χ1) is 12.7. The molecule has 0 aromatic heterocycles. The molecule has 1 aliphatic rings. The second-order valence-electron chi connectivity index (χ2n) is 6.23. The first kappa shape index (κ1) is 18.5. The van der Waals surface area contributed by atoms with Gasteiger partial charge in [0.15, 0.2) is 12.9 Å². The number of carbonyl (C=O) groups is 2. The number of carbonyl (C=O) groups excluding carboxylic acids is 2. The van der Waals surface area contributed by atoms with Gasteiger partial charge in [0.1, 0.15) is 5.75 Å². The van der Waals surface area contributed by atoms with Gasteiger partial charge in [-0.1, -0.05) is 15.9 Å². The summed E-state index contributed by atoms with van der Waals surface area (Å²) < 4.78 is 6.25. The molecule has 26 heavy (non-hydrogen) atoms. The smallest absolute Gasteiger partial charge is 0.262 e. The number of halogens is 1. The number of piperidine rings is 1. The summed E-state index contributed by atoms with van der Waals surface area (Å²) in [5, 5.41) is 2.81. The molecule has 0 atom stereocenters. The van der Waals surface area contributed by atoms with Crippen molar-refractivity contribution in [3.05, 3.63) is 52.5 Å². The monoisotopic (exact) mass is 416 g/mol. The van der Waals surface area contributed by atoms with Gasteiger partial charge in [-0.15, -0.1) is 0 Å². The molecular weight excluding hydrogens is 396 g/mol. The van der Waals surface area contributed by atoms with Crippen molar-refractivity contribution in [3.63, 3.8) is 0 Å². The Labute approximate surface area is 161 Å². The standard InChI is InChI=1S/C20H21BrN2O3/c21-16-4-9-19(15(12-16)13-24)26-14-20(25)22-17-5-7-18(8-6-17)23-10-2-1-3-11-23/h4-9,12-13H,1-3,10-11,14H2,(H,22,25). The Hall–Kier alpha value is -2.34. The van der Waals surface area contributed by atoms with E-state index in [2.05, 4.69) is 26.1 Å². The highest BCUT2D eigenvalue weighted by Crippen LogP contribution is 2.23. The highest BCUT2D eigenvalue weighted by Gasteiger charge is 2.11. The van der Waals surface area contributed by atoms with Crippen molar-refractivity contribution in [1.82, 2.24) is 0 Å². The number of hydrogen-bond donors (Lipinski definition) is 1. The largest absolute Gasteiger partial charge is 0.483 e. The van der Waals surface area contributed by atoms with E-state index in [0.717, 1.165) is 23.2 Å². The number of ether oxygens (including phenoxy) is 1. The summed E-state index contributed by atoms with van der Waals surface area (Å²) >= 11 is 3.30. The van der Waals surface area contributed by atoms with Crippen LogP contribution < -0.4 is 15.0 Å². The average Bonchev–Trinajstić information content (AvgIpc) is 2.68. The summed E-state index contributed by atoms with van der Waals surface area (Å²) in [6.45, 7) is 2.02. The van der Waals surface area contributed by atoms with Crippen LogP contribution in [0.4, 0.5) is 11.4 Å². The van der Waals surface area contributed by atoms with Gasteiger partial charge < -0.3 is 15.0 Å². The molecular formula is C20H21BrN2O3. The van der Waals surface area contributed by atoms with Crippen LogP contribution in [0.3, 0.4) is 0 Å². The minimum Gasteiger partial charge on any atom is -0.483 e. The highest BCUT2D eigenvalue weighted by atomic mass is 79.9. The van der Waals surface area contributed by atoms with Crippen LogP contribution in [0, 0.1) is 0 Å². The Balaban J connectivity index is 1.54. The zero-order valence-electron chi connectivity index (χ0n) is 14.4. The topological polar surface area (TPSA) is 58.6 Å². The van der Waals surface area contributed by atoms with E-state index in [0.29, 0.717) is 17.6 Å². The van der Waals surface area contributed by atoms with Crippen molar-refractivity contribution < 1.29 is 14.3 Å². The van der Waals surface area contributed by atoms with Gasteiger partial charge in [0.2, 0.25) is 0 Å². The van der Waals surface area contributed by atoms with Gasteiger partial charge in [0.05, 0.1) is 5.56 Å². The van der Waals surface area contributed by atoms with Gasteiger partial charge in [-0.3, -0.25) is 9.59 Å². The van der Waals surface area contributed by atoms with E-state index in [1.165, 1.54) is 24.9 Å². The van der Waals surface area contributed by atoms with Crippen molar-refractivity contribution in [3.8, 4) is 5.75 Å². The fraction of sp³-hybridized carbons (Fsp3) is 0.300. The predicted octanol–water partition coefficient (Wildman–Crippen LogP) is 4.27. The average molecular weight is 417 g/mol. The predicted molar refractivity (Wildman–Crippen MR) is 106 cm³/mol. The number of nitrogens with one attached hydrogen (secondary N) is 1. The number of nitrogens with zero attached hydrogens (tertiary/aromatic N) is 1. The van der Waals surface area contributed by atoms with Crippen LogP contribution in [-0.4, -0.2) is 31.9 Å². The molecule has 1 fully saturated rings. The third-order valence-corrected chi connectivity index (χ3v) is 4.82. The van der Waals surface area contributed by atoms with E-state index in [1.54, 1.807) is 18.2 Å². The number of rotatable bonds is 6. The molecule has 2 aromatic rings. The lowest BCUT2D eigenvalue weighted by molar-refractivity contribution is -0.118. The Morgan fingerprint density at radius 1 is 1.12 bits per heavy atom. The Morgan fingerprint density at radius 3 is 2.54 bits per heavy atom. The zero-order valence-corrected chi connectivity index (χ0v) is 16.0. The summed E-state index contributed by atoms with van der Waals surface area (Å²) in [5.74, 6) is 0.120. The lowest BCUT2D eigenvalue weighted by atomic mass is 10.1. The maximum Gasteiger partial charge on any atom is 0.262 e. The molecule has 0 spiro atoms. The van der Waals surface area contributed by atoms with Crippen molar-refractivity contribution >= 4 is 39.5 Å². The van der Waals surface area contributed by atoms with Crippen LogP contribution >= 0.6 is 15.9 Å². The number of benzene rings is 2. The molecule has 0 unspecified atom stereocenters. The van der Waals surface area contributed by atoms with Gasteiger partial charge in [0, 0.05) is 28.9 Å². The van der Waals surface area contributed by atoms with E-state index < -0.39 is 0 Å². The molecule has 136 valence electrons. The van der Waals surface area contributed by atoms with E-state index in [9.17, 15) is 9.59 Å². The molecule has 0 radical (unpaired) electrons. The fourth-order valence-electron chi connectivity index (χ4n) is 2.99. The molecule has 0 aliphatic carbocycles. The molecule has 1 amide bonds. The fourth-order valence-corrected chi connectivity index (χ4v) is 3.37. The SMILES string of the molecule is O=Cc1cc(Br)ccc1OCC(=O)Nc1ccc(N2CCCCC2)cc1. The van der Waals surface area contributed by atoms with Crippen molar-refractivity contribution in [2.75, 3.05) is 29.9 Å². The van der Waals surface area contributed by atoms with E-state index in [-0.39, 0.29) is 12.5 Å². The summed E-state index contributed by atoms with van der Waals surface area (Å²) in [6.07, 6.45) is 4.47. The summed E-state index contributed by atoms with van der Waals surface area (Å²) in [7, 11) is 0. The molecule has 1 heterocycles. The first-order valence-electron chi connectivity index (χ1n) is 8.68. The van der Waals surface area contributed by atoms with Crippen LogP contribution in [0.1, 0.15) is 29.6 Å². The summed E-state index contributed by atoms with van der Waals surface area (Å²) in [6, 6.07) is 12.9. The maximum atomic E-state index is 12.1. The molecule has 1 N–H and O–H groups in total. The number of hydrogen-bond acceptors (Lipinski definition) is 4. The van der Waals surface area contributed by atoms with Gasteiger partial charge in [-0.25, -0.2) is 0 Å². The molecule has 3 rings (SSSR count). The lowest BCUT2D eigenvalue weighted by Crippen LogP contribution is -2.29. The molecule has 5 nitrogen and oxygen atoms in total. The number of amides is 1. The van der Waals surface area contributed by atoms with Crippen molar-refractivity contribution in [2.45, 2.75) is 19.3 Å². The van der Waals surface area contributed by atoms with Crippen LogP contribution in [-0.2, 0) is 4.79 Å². The highest BCUT2D eigenvalue weighted by molar-refractivity contribution is 9.10. The van der Waals surface area contributed by atoms with E-state index in [4.69, 9.17) is 4.74 Å². The second kappa shape index (κ2) is 8.85. The number of anilines is 2. The Bertz CT molecular complexity index is 771. The van der Waals surface area contributed by atoms with Crippen LogP contribution in [0.5, 0.6) is 5.75 Å². The summed E-state index contributed by atoms with van der Waals surface area (Å²) in [5.41, 5.74) is 2.31. The van der Waals surface area contributed by atoms with Crippen LogP contribution in [0.15, 0.2) is 46.9 Å². The minimum absolute atomic E-state index is 0.156. The van der Waals surface area contributed by atoms with Gasteiger partial charge in [-0.05, 0) is 61.7 Å². The zero-order chi connectivity index (χ0) is 18.4. The normalized spacial score (nSPS) is 14.0.